The number of carbonyl (C=O) groups excluding carboxylic acids is 1. The highest BCUT2D eigenvalue weighted by Crippen LogP contribution is 2.41. The molecule has 1 amide bonds. The molecule has 3 aromatic carbocycles. The zero-order chi connectivity index (χ0) is 21.3. The molecule has 1 aliphatic rings. The molecule has 0 radical (unpaired) electrons. The van der Waals surface area contributed by atoms with Gasteiger partial charge < -0.3 is 5.32 Å². The summed E-state index contributed by atoms with van der Waals surface area (Å²) in [5.74, 6) is -0.554. The SMILES string of the molecule is Cc1cccc(C(c2cc(-c3ccccc3)cc([N+](=O)[O-])c2)C2SC(=S)NC2=O)c1. The number of thiocarbonyl (C=S) groups is 1. The Labute approximate surface area is 183 Å². The first-order valence-corrected chi connectivity index (χ1v) is 10.6. The van der Waals surface area contributed by atoms with Gasteiger partial charge in [-0.25, -0.2) is 0 Å². The number of hydrogen-bond donors (Lipinski definition) is 1. The van der Waals surface area contributed by atoms with Crippen molar-refractivity contribution >= 4 is 39.9 Å². The zero-order valence-corrected chi connectivity index (χ0v) is 17.7. The molecule has 0 aliphatic carbocycles. The lowest BCUT2D eigenvalue weighted by molar-refractivity contribution is -0.384. The smallest absolute Gasteiger partial charge is 0.270 e. The molecule has 1 fully saturated rings. The average molecular weight is 435 g/mol. The Kier molecular flexibility index (Phi) is 5.65. The maximum absolute atomic E-state index is 12.7. The van der Waals surface area contributed by atoms with Crippen molar-refractivity contribution < 1.29 is 9.72 Å². The van der Waals surface area contributed by atoms with Gasteiger partial charge in [0.1, 0.15) is 9.57 Å². The van der Waals surface area contributed by atoms with Gasteiger partial charge in [-0.3, -0.25) is 14.9 Å². The molecule has 5 nitrogen and oxygen atoms in total. The van der Waals surface area contributed by atoms with E-state index in [4.69, 9.17) is 12.2 Å². The average Bonchev–Trinajstić information content (AvgIpc) is 3.06. The maximum Gasteiger partial charge on any atom is 0.270 e. The fraction of sp³-hybridized carbons (Fsp3) is 0.130. The van der Waals surface area contributed by atoms with E-state index >= 15 is 0 Å². The first kappa shape index (κ1) is 20.3. The summed E-state index contributed by atoms with van der Waals surface area (Å²) < 4.78 is 0.427. The standard InChI is InChI=1S/C23H18N2O3S2/c1-14-6-5-9-16(10-14)20(21-22(26)24-23(29)30-21)18-11-17(12-19(13-18)25(27)28)15-7-3-2-4-8-15/h2-13,20-21H,1H3,(H,24,26,29). The van der Waals surface area contributed by atoms with Crippen molar-refractivity contribution in [2.45, 2.75) is 18.1 Å². The lowest BCUT2D eigenvalue weighted by Crippen LogP contribution is -2.29. The number of thioether (sulfide) groups is 1. The summed E-state index contributed by atoms with van der Waals surface area (Å²) in [6.45, 7) is 1.98. The molecular weight excluding hydrogens is 416 g/mol. The second-order valence-electron chi connectivity index (χ2n) is 7.14. The number of non-ortho nitro benzene ring substituents is 1. The van der Waals surface area contributed by atoms with Gasteiger partial charge in [-0.1, -0.05) is 84.1 Å². The van der Waals surface area contributed by atoms with Crippen molar-refractivity contribution in [3.8, 4) is 11.1 Å². The number of rotatable bonds is 5. The monoisotopic (exact) mass is 434 g/mol. The van der Waals surface area contributed by atoms with Crippen molar-refractivity contribution in [3.05, 3.63) is 99.6 Å². The summed E-state index contributed by atoms with van der Waals surface area (Å²) in [6, 6.07) is 22.5. The lowest BCUT2D eigenvalue weighted by Gasteiger charge is -2.23. The molecule has 2 unspecified atom stereocenters. The third kappa shape index (κ3) is 4.13. The topological polar surface area (TPSA) is 72.2 Å². The van der Waals surface area contributed by atoms with Crippen LogP contribution in [-0.4, -0.2) is 20.4 Å². The van der Waals surface area contributed by atoms with Gasteiger partial charge in [0.25, 0.3) is 5.69 Å². The molecule has 1 aliphatic heterocycles. The Hall–Kier alpha value is -3.03. The fourth-order valence-corrected chi connectivity index (χ4v) is 5.13. The van der Waals surface area contributed by atoms with E-state index in [0.29, 0.717) is 9.88 Å². The predicted molar refractivity (Wildman–Crippen MR) is 124 cm³/mol. The number of nitro groups is 1. The Bertz CT molecular complexity index is 1150. The summed E-state index contributed by atoms with van der Waals surface area (Å²) in [6.07, 6.45) is 0. The highest BCUT2D eigenvalue weighted by molar-refractivity contribution is 8.24. The highest BCUT2D eigenvalue weighted by Gasteiger charge is 2.38. The second kappa shape index (κ2) is 8.38. The Morgan fingerprint density at radius 1 is 1.00 bits per heavy atom. The van der Waals surface area contributed by atoms with E-state index in [2.05, 4.69) is 5.32 Å². The Morgan fingerprint density at radius 3 is 2.40 bits per heavy atom. The molecule has 150 valence electrons. The number of carbonyl (C=O) groups is 1. The van der Waals surface area contributed by atoms with Gasteiger partial charge in [0.15, 0.2) is 0 Å². The van der Waals surface area contributed by atoms with Crippen LogP contribution in [0.4, 0.5) is 5.69 Å². The van der Waals surface area contributed by atoms with Crippen LogP contribution in [0.5, 0.6) is 0 Å². The van der Waals surface area contributed by atoms with E-state index in [1.807, 2.05) is 67.6 Å². The summed E-state index contributed by atoms with van der Waals surface area (Å²) in [4.78, 5) is 24.0. The minimum absolute atomic E-state index is 0.00464. The van der Waals surface area contributed by atoms with Crippen LogP contribution in [-0.2, 0) is 4.79 Å². The quantitative estimate of drug-likeness (QED) is 0.339. The molecule has 7 heteroatoms. The number of amides is 1. The van der Waals surface area contributed by atoms with E-state index in [-0.39, 0.29) is 17.5 Å². The molecule has 3 aromatic rings. The molecule has 4 rings (SSSR count). The van der Waals surface area contributed by atoms with Crippen molar-refractivity contribution in [2.75, 3.05) is 0 Å². The van der Waals surface area contributed by atoms with Crippen LogP contribution in [0.25, 0.3) is 11.1 Å². The zero-order valence-electron chi connectivity index (χ0n) is 16.1. The second-order valence-corrected chi connectivity index (χ2v) is 8.96. The van der Waals surface area contributed by atoms with Gasteiger partial charge in [-0.2, -0.15) is 0 Å². The van der Waals surface area contributed by atoms with E-state index < -0.39 is 10.2 Å². The van der Waals surface area contributed by atoms with Gasteiger partial charge in [-0.05, 0) is 35.2 Å². The number of aryl methyl sites for hydroxylation is 1. The van der Waals surface area contributed by atoms with Gasteiger partial charge >= 0.3 is 0 Å². The van der Waals surface area contributed by atoms with E-state index in [0.717, 1.165) is 22.3 Å². The minimum Gasteiger partial charge on any atom is -0.311 e. The van der Waals surface area contributed by atoms with Crippen LogP contribution >= 0.6 is 24.0 Å². The van der Waals surface area contributed by atoms with Gasteiger partial charge in [0.2, 0.25) is 5.91 Å². The van der Waals surface area contributed by atoms with Crippen LogP contribution in [0.3, 0.4) is 0 Å². The molecule has 1 heterocycles. The number of nitrogens with one attached hydrogen (secondary N) is 1. The van der Waals surface area contributed by atoms with Crippen molar-refractivity contribution in [2.24, 2.45) is 0 Å². The number of nitrogens with zero attached hydrogens (tertiary/aromatic N) is 1. The maximum atomic E-state index is 12.7. The molecule has 2 atom stereocenters. The van der Waals surface area contributed by atoms with Gasteiger partial charge in [0, 0.05) is 18.1 Å². The molecule has 0 saturated carbocycles. The normalized spacial score (nSPS) is 16.9. The summed E-state index contributed by atoms with van der Waals surface area (Å²) in [7, 11) is 0. The lowest BCUT2D eigenvalue weighted by atomic mass is 9.85. The summed E-state index contributed by atoms with van der Waals surface area (Å²) in [5.41, 5.74) is 4.30. The van der Waals surface area contributed by atoms with Crippen molar-refractivity contribution in [3.63, 3.8) is 0 Å². The summed E-state index contributed by atoms with van der Waals surface area (Å²) in [5, 5.41) is 13.9. The van der Waals surface area contributed by atoms with Crippen molar-refractivity contribution in [1.82, 2.24) is 5.32 Å². The molecule has 30 heavy (non-hydrogen) atoms. The third-order valence-electron chi connectivity index (χ3n) is 5.04. The number of hydrogen-bond acceptors (Lipinski definition) is 5. The summed E-state index contributed by atoms with van der Waals surface area (Å²) >= 11 is 6.50. The molecule has 1 N–H and O–H groups in total. The number of benzene rings is 3. The Morgan fingerprint density at radius 2 is 1.77 bits per heavy atom. The molecule has 0 spiro atoms. The first-order valence-electron chi connectivity index (χ1n) is 9.35. The van der Waals surface area contributed by atoms with Gasteiger partial charge in [-0.15, -0.1) is 0 Å². The van der Waals surface area contributed by atoms with Crippen LogP contribution < -0.4 is 5.32 Å². The molecular formula is C23H18N2O3S2. The molecule has 1 saturated heterocycles. The van der Waals surface area contributed by atoms with E-state index in [1.165, 1.54) is 11.8 Å². The minimum atomic E-state index is -0.495. The predicted octanol–water partition coefficient (Wildman–Crippen LogP) is 5.22. The highest BCUT2D eigenvalue weighted by atomic mass is 32.2. The van der Waals surface area contributed by atoms with Crippen LogP contribution in [0.1, 0.15) is 22.6 Å². The third-order valence-corrected chi connectivity index (χ3v) is 6.49. The fourth-order valence-electron chi connectivity index (χ4n) is 3.71. The molecule has 0 aromatic heterocycles. The van der Waals surface area contributed by atoms with E-state index in [9.17, 15) is 14.9 Å². The van der Waals surface area contributed by atoms with Crippen molar-refractivity contribution in [1.29, 1.82) is 0 Å². The Balaban J connectivity index is 1.92. The molecule has 0 bridgehead atoms. The van der Waals surface area contributed by atoms with Crippen LogP contribution in [0.15, 0.2) is 72.8 Å². The first-order chi connectivity index (χ1) is 14.4. The largest absolute Gasteiger partial charge is 0.311 e. The van der Waals surface area contributed by atoms with Crippen LogP contribution in [0.2, 0.25) is 0 Å². The van der Waals surface area contributed by atoms with E-state index in [1.54, 1.807) is 12.1 Å². The van der Waals surface area contributed by atoms with Crippen LogP contribution in [0, 0.1) is 17.0 Å². The number of nitro benzene ring substituents is 1. The van der Waals surface area contributed by atoms with Gasteiger partial charge in [0.05, 0.1) is 4.92 Å².